The number of benzene rings is 1. The quantitative estimate of drug-likeness (QED) is 0.669. The van der Waals surface area contributed by atoms with Crippen LogP contribution in [0, 0.1) is 0 Å². The molecule has 0 bridgehead atoms. The molecule has 1 aromatic carbocycles. The summed E-state index contributed by atoms with van der Waals surface area (Å²) in [4.78, 5) is 26.1. The second-order valence-electron chi connectivity index (χ2n) is 4.21. The zero-order chi connectivity index (χ0) is 12.9. The van der Waals surface area contributed by atoms with E-state index in [0.717, 1.165) is 16.4 Å². The number of aromatic nitrogens is 2. The Morgan fingerprint density at radius 2 is 2.00 bits per heavy atom. The highest BCUT2D eigenvalue weighted by atomic mass is 16.1. The average Bonchev–Trinajstić information content (AvgIpc) is 2.69. The number of carbonyl (C=O) groups excluding carboxylic acids is 1. The Kier molecular flexibility index (Phi) is 2.04. The van der Waals surface area contributed by atoms with E-state index in [9.17, 15) is 9.59 Å². The van der Waals surface area contributed by atoms with Gasteiger partial charge in [0.1, 0.15) is 5.69 Å². The number of hydrogen-bond donors (Lipinski definition) is 2. The molecule has 0 aliphatic carbocycles. The first-order valence-electron chi connectivity index (χ1n) is 5.50. The van der Waals surface area contributed by atoms with E-state index in [1.165, 1.54) is 6.07 Å². The highest BCUT2D eigenvalue weighted by Crippen LogP contribution is 2.23. The second-order valence-corrected chi connectivity index (χ2v) is 4.21. The first-order valence-corrected chi connectivity index (χ1v) is 5.50. The van der Waals surface area contributed by atoms with E-state index in [0.29, 0.717) is 11.1 Å². The maximum absolute atomic E-state index is 12.0. The molecule has 3 rings (SSSR count). The third kappa shape index (κ3) is 1.27. The van der Waals surface area contributed by atoms with Crippen LogP contribution in [-0.2, 0) is 7.05 Å². The van der Waals surface area contributed by atoms with Gasteiger partial charge in [0.05, 0.1) is 16.4 Å². The van der Waals surface area contributed by atoms with Crippen LogP contribution in [0.15, 0.2) is 35.1 Å². The van der Waals surface area contributed by atoms with E-state index in [2.05, 4.69) is 4.98 Å². The number of primary amides is 1. The topological polar surface area (TPSA) is 80.9 Å². The molecule has 2 aromatic heterocycles. The number of rotatable bonds is 1. The average molecular weight is 241 g/mol. The number of nitrogens with zero attached hydrogens (tertiary/aromatic N) is 1. The van der Waals surface area contributed by atoms with E-state index in [-0.39, 0.29) is 5.56 Å². The number of para-hydroxylation sites is 1. The summed E-state index contributed by atoms with van der Waals surface area (Å²) in [6.07, 6.45) is 0. The van der Waals surface area contributed by atoms with Crippen molar-refractivity contribution < 1.29 is 4.79 Å². The molecule has 0 aliphatic heterocycles. The fourth-order valence-electron chi connectivity index (χ4n) is 2.33. The first-order chi connectivity index (χ1) is 8.59. The van der Waals surface area contributed by atoms with Crippen molar-refractivity contribution in [3.05, 3.63) is 46.4 Å². The zero-order valence-corrected chi connectivity index (χ0v) is 9.73. The summed E-state index contributed by atoms with van der Waals surface area (Å²) in [5.41, 5.74) is 6.88. The number of H-pyrrole nitrogens is 1. The molecular weight excluding hydrogens is 230 g/mol. The Labute approximate surface area is 102 Å². The van der Waals surface area contributed by atoms with Gasteiger partial charge in [0.25, 0.3) is 11.5 Å². The highest BCUT2D eigenvalue weighted by molar-refractivity contribution is 6.07. The van der Waals surface area contributed by atoms with Crippen LogP contribution in [0.2, 0.25) is 0 Å². The molecule has 0 fully saturated rings. The van der Waals surface area contributed by atoms with Crippen molar-refractivity contribution in [2.45, 2.75) is 0 Å². The van der Waals surface area contributed by atoms with Gasteiger partial charge in [-0.1, -0.05) is 18.2 Å². The molecule has 90 valence electrons. The predicted octanol–water partition coefficient (Wildman–Crippen LogP) is 1.12. The van der Waals surface area contributed by atoms with Gasteiger partial charge < -0.3 is 15.3 Å². The van der Waals surface area contributed by atoms with Gasteiger partial charge in [0.2, 0.25) is 0 Å². The number of nitrogens with two attached hydrogens (primary N) is 1. The van der Waals surface area contributed by atoms with Crippen LogP contribution in [0.5, 0.6) is 0 Å². The minimum Gasteiger partial charge on any atom is -0.364 e. The molecule has 3 N–H and O–H groups in total. The van der Waals surface area contributed by atoms with Crippen molar-refractivity contribution in [1.82, 2.24) is 9.55 Å². The van der Waals surface area contributed by atoms with Gasteiger partial charge in [0.15, 0.2) is 0 Å². The number of nitrogens with one attached hydrogen (secondary N) is 1. The molecule has 0 radical (unpaired) electrons. The van der Waals surface area contributed by atoms with E-state index < -0.39 is 5.91 Å². The first kappa shape index (κ1) is 10.6. The molecule has 0 saturated carbocycles. The summed E-state index contributed by atoms with van der Waals surface area (Å²) < 4.78 is 1.66. The molecule has 0 saturated heterocycles. The van der Waals surface area contributed by atoms with Crippen LogP contribution in [0.3, 0.4) is 0 Å². The molecule has 3 aromatic rings. The molecule has 18 heavy (non-hydrogen) atoms. The van der Waals surface area contributed by atoms with E-state index in [4.69, 9.17) is 5.73 Å². The molecule has 5 heteroatoms. The molecule has 2 heterocycles. The number of aromatic amines is 1. The Morgan fingerprint density at radius 3 is 2.72 bits per heavy atom. The Balaban J connectivity index is 2.63. The molecule has 1 amide bonds. The van der Waals surface area contributed by atoms with Crippen LogP contribution in [-0.4, -0.2) is 15.5 Å². The Hall–Kier alpha value is -2.56. The summed E-state index contributed by atoms with van der Waals surface area (Å²) in [6, 6.07) is 8.99. The predicted molar refractivity (Wildman–Crippen MR) is 69.6 cm³/mol. The fourth-order valence-corrected chi connectivity index (χ4v) is 2.33. The van der Waals surface area contributed by atoms with Crippen LogP contribution < -0.4 is 11.3 Å². The molecule has 5 nitrogen and oxygen atoms in total. The molecular formula is C13H11N3O2. The van der Waals surface area contributed by atoms with Gasteiger partial charge in [-0.3, -0.25) is 9.59 Å². The maximum Gasteiger partial charge on any atom is 0.265 e. The van der Waals surface area contributed by atoms with E-state index in [1.807, 2.05) is 24.3 Å². The third-order valence-corrected chi connectivity index (χ3v) is 3.16. The normalized spacial score (nSPS) is 11.2. The van der Waals surface area contributed by atoms with Crippen molar-refractivity contribution in [3.8, 4) is 0 Å². The lowest BCUT2D eigenvalue weighted by Gasteiger charge is -2.03. The zero-order valence-electron chi connectivity index (χ0n) is 9.73. The Bertz CT molecular complexity index is 842. The van der Waals surface area contributed by atoms with Crippen LogP contribution in [0.4, 0.5) is 0 Å². The highest BCUT2D eigenvalue weighted by Gasteiger charge is 2.15. The van der Waals surface area contributed by atoms with Crippen molar-refractivity contribution in [2.75, 3.05) is 0 Å². The monoisotopic (exact) mass is 241 g/mol. The second kappa shape index (κ2) is 3.46. The Morgan fingerprint density at radius 1 is 1.28 bits per heavy atom. The van der Waals surface area contributed by atoms with Crippen molar-refractivity contribution >= 4 is 27.7 Å². The van der Waals surface area contributed by atoms with Gasteiger partial charge >= 0.3 is 0 Å². The van der Waals surface area contributed by atoms with Crippen molar-refractivity contribution in [1.29, 1.82) is 0 Å². The summed E-state index contributed by atoms with van der Waals surface area (Å²) >= 11 is 0. The number of amides is 1. The van der Waals surface area contributed by atoms with Gasteiger partial charge in [-0.25, -0.2) is 0 Å². The largest absolute Gasteiger partial charge is 0.364 e. The van der Waals surface area contributed by atoms with E-state index >= 15 is 0 Å². The minimum atomic E-state index is -0.544. The molecule has 0 unspecified atom stereocenters. The molecule has 0 aliphatic rings. The van der Waals surface area contributed by atoms with Crippen molar-refractivity contribution in [3.63, 3.8) is 0 Å². The maximum atomic E-state index is 12.0. The van der Waals surface area contributed by atoms with Crippen LogP contribution in [0.25, 0.3) is 21.8 Å². The fraction of sp³-hybridized carbons (Fsp3) is 0.0769. The number of hydrogen-bond acceptors (Lipinski definition) is 2. The smallest absolute Gasteiger partial charge is 0.265 e. The molecule has 0 atom stereocenters. The molecule has 0 spiro atoms. The lowest BCUT2D eigenvalue weighted by molar-refractivity contribution is 0.0993. The lowest BCUT2D eigenvalue weighted by atomic mass is 10.1. The summed E-state index contributed by atoms with van der Waals surface area (Å²) in [5, 5.41) is 1.37. The van der Waals surface area contributed by atoms with Gasteiger partial charge in [-0.05, 0) is 12.1 Å². The summed E-state index contributed by atoms with van der Waals surface area (Å²) in [6.45, 7) is 0. The summed E-state index contributed by atoms with van der Waals surface area (Å²) in [5.74, 6) is -0.544. The third-order valence-electron chi connectivity index (χ3n) is 3.16. The number of aryl methyl sites for hydroxylation is 1. The van der Waals surface area contributed by atoms with Gasteiger partial charge in [0, 0.05) is 12.4 Å². The van der Waals surface area contributed by atoms with Gasteiger partial charge in [-0.15, -0.1) is 0 Å². The standard InChI is InChI=1S/C13H11N3O2/c1-16-10(12(14)17)6-8-11(16)7-4-2-3-5-9(7)15-13(8)18/h2-6H,1H3,(H2,14,17)(H,15,18). The minimum absolute atomic E-state index is 0.216. The number of carbonyl (C=O) groups is 1. The van der Waals surface area contributed by atoms with Crippen LogP contribution >= 0.6 is 0 Å². The van der Waals surface area contributed by atoms with Crippen molar-refractivity contribution in [2.24, 2.45) is 12.8 Å². The van der Waals surface area contributed by atoms with Gasteiger partial charge in [-0.2, -0.15) is 0 Å². The SMILES string of the molecule is Cn1c(C(N)=O)cc2c(=O)[nH]c3ccccc3c21. The lowest BCUT2D eigenvalue weighted by Crippen LogP contribution is -2.14. The summed E-state index contributed by atoms with van der Waals surface area (Å²) in [7, 11) is 1.73. The van der Waals surface area contributed by atoms with Crippen LogP contribution in [0.1, 0.15) is 10.5 Å². The van der Waals surface area contributed by atoms with E-state index in [1.54, 1.807) is 11.6 Å². The number of fused-ring (bicyclic) bond motifs is 3. The number of pyridine rings is 1.